The van der Waals surface area contributed by atoms with Gasteiger partial charge in [-0.05, 0) is 18.9 Å². The van der Waals surface area contributed by atoms with Crippen LogP contribution in [0.25, 0.3) is 0 Å². The predicted molar refractivity (Wildman–Crippen MR) is 31.6 cm³/mol. The van der Waals surface area contributed by atoms with E-state index in [0.29, 0.717) is 5.92 Å². The molecule has 1 unspecified atom stereocenters. The van der Waals surface area contributed by atoms with Crippen LogP contribution in [0.15, 0.2) is 0 Å². The van der Waals surface area contributed by atoms with Crippen LogP contribution in [0.1, 0.15) is 13.3 Å². The standard InChI is InChI=1S/C6H11NO/c1-5-2-6(4-8)7-3-5/h4-7H,2-3H2,1H3/t5-,6?/m1/s1. The maximum absolute atomic E-state index is 10.1. The molecular weight excluding hydrogens is 102 g/mol. The zero-order valence-corrected chi connectivity index (χ0v) is 5.05. The molecule has 1 aliphatic rings. The molecule has 1 aliphatic heterocycles. The van der Waals surface area contributed by atoms with E-state index in [2.05, 4.69) is 12.2 Å². The zero-order valence-electron chi connectivity index (χ0n) is 5.05. The lowest BCUT2D eigenvalue weighted by Gasteiger charge is -1.94. The summed E-state index contributed by atoms with van der Waals surface area (Å²) in [5, 5.41) is 3.09. The van der Waals surface area contributed by atoms with Gasteiger partial charge in [0.2, 0.25) is 0 Å². The highest BCUT2D eigenvalue weighted by atomic mass is 16.1. The van der Waals surface area contributed by atoms with Crippen molar-refractivity contribution in [3.05, 3.63) is 0 Å². The molecule has 0 amide bonds. The fourth-order valence-electron chi connectivity index (χ4n) is 1.06. The molecule has 1 saturated heterocycles. The number of aldehydes is 1. The van der Waals surface area contributed by atoms with E-state index >= 15 is 0 Å². The second kappa shape index (κ2) is 2.27. The third-order valence-electron chi connectivity index (χ3n) is 1.55. The Kier molecular flexibility index (Phi) is 1.63. The summed E-state index contributed by atoms with van der Waals surface area (Å²) < 4.78 is 0. The molecule has 0 aromatic heterocycles. The van der Waals surface area contributed by atoms with Crippen molar-refractivity contribution in [2.24, 2.45) is 5.92 Å². The van der Waals surface area contributed by atoms with Crippen molar-refractivity contribution in [2.45, 2.75) is 19.4 Å². The molecule has 1 rings (SSSR count). The van der Waals surface area contributed by atoms with E-state index in [1.54, 1.807) is 0 Å². The van der Waals surface area contributed by atoms with Crippen molar-refractivity contribution in [1.82, 2.24) is 5.32 Å². The maximum Gasteiger partial charge on any atom is 0.136 e. The maximum atomic E-state index is 10.1. The molecule has 8 heavy (non-hydrogen) atoms. The normalized spacial score (nSPS) is 37.6. The van der Waals surface area contributed by atoms with E-state index in [4.69, 9.17) is 0 Å². The Labute approximate surface area is 49.3 Å². The Balaban J connectivity index is 2.32. The van der Waals surface area contributed by atoms with Crippen LogP contribution >= 0.6 is 0 Å². The summed E-state index contributed by atoms with van der Waals surface area (Å²) >= 11 is 0. The van der Waals surface area contributed by atoms with Gasteiger partial charge in [0.25, 0.3) is 0 Å². The van der Waals surface area contributed by atoms with Crippen molar-refractivity contribution >= 4 is 6.29 Å². The van der Waals surface area contributed by atoms with Crippen LogP contribution < -0.4 is 5.32 Å². The van der Waals surface area contributed by atoms with Gasteiger partial charge in [0, 0.05) is 0 Å². The van der Waals surface area contributed by atoms with Gasteiger partial charge in [-0.1, -0.05) is 6.92 Å². The van der Waals surface area contributed by atoms with Gasteiger partial charge in [-0.3, -0.25) is 0 Å². The minimum Gasteiger partial charge on any atom is -0.307 e. The topological polar surface area (TPSA) is 29.1 Å². The Bertz CT molecular complexity index is 92.5. The number of nitrogens with one attached hydrogen (secondary N) is 1. The number of carbonyl (C=O) groups is 1. The first-order chi connectivity index (χ1) is 3.83. The highest BCUT2D eigenvalue weighted by molar-refractivity contribution is 5.58. The second-order valence-electron chi connectivity index (χ2n) is 2.49. The Morgan fingerprint density at radius 3 is 2.75 bits per heavy atom. The van der Waals surface area contributed by atoms with E-state index in [0.717, 1.165) is 19.3 Å². The van der Waals surface area contributed by atoms with E-state index < -0.39 is 0 Å². The highest BCUT2D eigenvalue weighted by Crippen LogP contribution is 2.09. The molecule has 1 heterocycles. The first-order valence-corrected chi connectivity index (χ1v) is 3.01. The Morgan fingerprint density at radius 1 is 1.75 bits per heavy atom. The Hall–Kier alpha value is -0.370. The van der Waals surface area contributed by atoms with Gasteiger partial charge in [0.1, 0.15) is 6.29 Å². The molecule has 1 fully saturated rings. The quantitative estimate of drug-likeness (QED) is 0.491. The molecule has 0 aromatic rings. The number of hydrogen-bond acceptors (Lipinski definition) is 2. The number of carbonyl (C=O) groups excluding carboxylic acids is 1. The van der Waals surface area contributed by atoms with Crippen LogP contribution in [0.5, 0.6) is 0 Å². The van der Waals surface area contributed by atoms with Crippen LogP contribution in [-0.2, 0) is 4.79 Å². The van der Waals surface area contributed by atoms with Crippen LogP contribution in [0.2, 0.25) is 0 Å². The smallest absolute Gasteiger partial charge is 0.136 e. The van der Waals surface area contributed by atoms with Crippen molar-refractivity contribution < 1.29 is 4.79 Å². The monoisotopic (exact) mass is 113 g/mol. The minimum absolute atomic E-state index is 0.144. The zero-order chi connectivity index (χ0) is 5.98. The summed E-state index contributed by atoms with van der Waals surface area (Å²) in [5.74, 6) is 0.685. The fraction of sp³-hybridized carbons (Fsp3) is 0.833. The lowest BCUT2D eigenvalue weighted by Crippen LogP contribution is -2.22. The largest absolute Gasteiger partial charge is 0.307 e. The van der Waals surface area contributed by atoms with E-state index in [-0.39, 0.29) is 6.04 Å². The SMILES string of the molecule is C[C@H]1CNC(C=O)C1. The molecule has 2 atom stereocenters. The molecule has 2 nitrogen and oxygen atoms in total. The number of hydrogen-bond donors (Lipinski definition) is 1. The summed E-state index contributed by atoms with van der Waals surface area (Å²) in [7, 11) is 0. The van der Waals surface area contributed by atoms with Gasteiger partial charge < -0.3 is 10.1 Å². The summed E-state index contributed by atoms with van der Waals surface area (Å²) in [4.78, 5) is 10.1. The lowest BCUT2D eigenvalue weighted by molar-refractivity contribution is -0.109. The van der Waals surface area contributed by atoms with Crippen LogP contribution in [-0.4, -0.2) is 18.9 Å². The summed E-state index contributed by atoms with van der Waals surface area (Å²) in [6.45, 7) is 3.15. The summed E-state index contributed by atoms with van der Waals surface area (Å²) in [6, 6.07) is 0.144. The number of rotatable bonds is 1. The molecule has 1 N–H and O–H groups in total. The van der Waals surface area contributed by atoms with Crippen molar-refractivity contribution in [3.8, 4) is 0 Å². The molecule has 2 heteroatoms. The molecular formula is C6H11NO. The van der Waals surface area contributed by atoms with Crippen LogP contribution in [0.3, 0.4) is 0 Å². The van der Waals surface area contributed by atoms with Crippen LogP contribution in [0, 0.1) is 5.92 Å². The fourth-order valence-corrected chi connectivity index (χ4v) is 1.06. The summed E-state index contributed by atoms with van der Waals surface area (Å²) in [6.07, 6.45) is 2.01. The van der Waals surface area contributed by atoms with Gasteiger partial charge in [-0.25, -0.2) is 0 Å². The third-order valence-corrected chi connectivity index (χ3v) is 1.55. The van der Waals surface area contributed by atoms with Gasteiger partial charge in [-0.2, -0.15) is 0 Å². The van der Waals surface area contributed by atoms with E-state index in [1.807, 2.05) is 0 Å². The predicted octanol–water partition coefficient (Wildman–Crippen LogP) is 0.183. The van der Waals surface area contributed by atoms with Crippen molar-refractivity contribution in [3.63, 3.8) is 0 Å². The minimum atomic E-state index is 0.144. The lowest BCUT2D eigenvalue weighted by atomic mass is 10.1. The first kappa shape index (κ1) is 5.76. The Morgan fingerprint density at radius 2 is 2.50 bits per heavy atom. The van der Waals surface area contributed by atoms with Gasteiger partial charge in [0.15, 0.2) is 0 Å². The molecule has 0 spiro atoms. The molecule has 0 saturated carbocycles. The molecule has 46 valence electrons. The molecule has 0 bridgehead atoms. The van der Waals surface area contributed by atoms with Gasteiger partial charge in [0.05, 0.1) is 6.04 Å². The first-order valence-electron chi connectivity index (χ1n) is 3.01. The molecule has 0 radical (unpaired) electrons. The van der Waals surface area contributed by atoms with Crippen molar-refractivity contribution in [1.29, 1.82) is 0 Å². The van der Waals surface area contributed by atoms with E-state index in [1.165, 1.54) is 0 Å². The second-order valence-corrected chi connectivity index (χ2v) is 2.49. The van der Waals surface area contributed by atoms with Crippen LogP contribution in [0.4, 0.5) is 0 Å². The average molecular weight is 113 g/mol. The summed E-state index contributed by atoms with van der Waals surface area (Å²) in [5.41, 5.74) is 0. The average Bonchev–Trinajstić information content (AvgIpc) is 2.14. The van der Waals surface area contributed by atoms with Crippen molar-refractivity contribution in [2.75, 3.05) is 6.54 Å². The van der Waals surface area contributed by atoms with Gasteiger partial charge >= 0.3 is 0 Å². The van der Waals surface area contributed by atoms with Gasteiger partial charge in [-0.15, -0.1) is 0 Å². The molecule has 0 aromatic carbocycles. The van der Waals surface area contributed by atoms with E-state index in [9.17, 15) is 4.79 Å². The highest BCUT2D eigenvalue weighted by Gasteiger charge is 2.18. The third kappa shape index (κ3) is 1.07. The molecule has 0 aliphatic carbocycles.